The van der Waals surface area contributed by atoms with Crippen LogP contribution in [-0.2, 0) is 13.6 Å². The largest absolute Gasteiger partial charge is 0.364 e. The molecule has 2 aromatic heterocycles. The molecule has 3 aromatic rings. The van der Waals surface area contributed by atoms with Gasteiger partial charge >= 0.3 is 0 Å². The molecule has 21 heavy (non-hydrogen) atoms. The second kappa shape index (κ2) is 5.93. The van der Waals surface area contributed by atoms with E-state index in [1.165, 1.54) is 0 Å². The Morgan fingerprint density at radius 3 is 2.67 bits per heavy atom. The SMILES string of the molecule is Cn1ccc(CNc2cc(Cl)nc(-c3ccccc3)n2)n1. The van der Waals surface area contributed by atoms with Gasteiger partial charge in [0.15, 0.2) is 5.82 Å². The van der Waals surface area contributed by atoms with Crippen LogP contribution in [0.3, 0.4) is 0 Å². The Hall–Kier alpha value is -2.40. The van der Waals surface area contributed by atoms with E-state index >= 15 is 0 Å². The molecule has 0 spiro atoms. The summed E-state index contributed by atoms with van der Waals surface area (Å²) in [6.07, 6.45) is 1.90. The summed E-state index contributed by atoms with van der Waals surface area (Å²) in [5.74, 6) is 1.28. The number of hydrogen-bond acceptors (Lipinski definition) is 4. The summed E-state index contributed by atoms with van der Waals surface area (Å²) in [6.45, 7) is 0.586. The van der Waals surface area contributed by atoms with Gasteiger partial charge < -0.3 is 5.32 Å². The van der Waals surface area contributed by atoms with Crippen molar-refractivity contribution in [3.8, 4) is 11.4 Å². The van der Waals surface area contributed by atoms with Crippen LogP contribution in [0.4, 0.5) is 5.82 Å². The summed E-state index contributed by atoms with van der Waals surface area (Å²) < 4.78 is 1.76. The van der Waals surface area contributed by atoms with Crippen LogP contribution in [0.5, 0.6) is 0 Å². The van der Waals surface area contributed by atoms with Gasteiger partial charge in [-0.15, -0.1) is 0 Å². The maximum atomic E-state index is 6.07. The molecule has 0 aliphatic rings. The Balaban J connectivity index is 1.81. The van der Waals surface area contributed by atoms with E-state index in [1.54, 1.807) is 10.7 Å². The van der Waals surface area contributed by atoms with Gasteiger partial charge in [0.2, 0.25) is 0 Å². The third-order valence-corrected chi connectivity index (χ3v) is 3.14. The highest BCUT2D eigenvalue weighted by Crippen LogP contribution is 2.20. The number of aryl methyl sites for hydroxylation is 1. The van der Waals surface area contributed by atoms with Crippen molar-refractivity contribution in [2.75, 3.05) is 5.32 Å². The van der Waals surface area contributed by atoms with Crippen LogP contribution in [0.2, 0.25) is 5.15 Å². The van der Waals surface area contributed by atoms with Crippen LogP contribution in [-0.4, -0.2) is 19.7 Å². The Labute approximate surface area is 127 Å². The van der Waals surface area contributed by atoms with E-state index in [-0.39, 0.29) is 0 Å². The van der Waals surface area contributed by atoms with Crippen molar-refractivity contribution in [1.29, 1.82) is 0 Å². The summed E-state index contributed by atoms with van der Waals surface area (Å²) in [5.41, 5.74) is 1.87. The van der Waals surface area contributed by atoms with E-state index < -0.39 is 0 Å². The van der Waals surface area contributed by atoms with Crippen molar-refractivity contribution < 1.29 is 0 Å². The van der Waals surface area contributed by atoms with Gasteiger partial charge in [-0.3, -0.25) is 4.68 Å². The van der Waals surface area contributed by atoms with E-state index in [2.05, 4.69) is 20.4 Å². The number of rotatable bonds is 4. The van der Waals surface area contributed by atoms with Crippen LogP contribution in [0.1, 0.15) is 5.69 Å². The molecule has 0 saturated carbocycles. The van der Waals surface area contributed by atoms with Crippen molar-refractivity contribution in [3.05, 3.63) is 59.5 Å². The van der Waals surface area contributed by atoms with Gasteiger partial charge in [0.25, 0.3) is 0 Å². The van der Waals surface area contributed by atoms with E-state index in [9.17, 15) is 0 Å². The molecular formula is C15H14ClN5. The molecule has 6 heteroatoms. The number of anilines is 1. The number of aromatic nitrogens is 4. The molecule has 0 atom stereocenters. The summed E-state index contributed by atoms with van der Waals surface area (Å²) >= 11 is 6.07. The first-order chi connectivity index (χ1) is 10.2. The van der Waals surface area contributed by atoms with Crippen LogP contribution < -0.4 is 5.32 Å². The molecule has 3 rings (SSSR count). The molecule has 0 fully saturated rings. The van der Waals surface area contributed by atoms with Gasteiger partial charge in [0.05, 0.1) is 12.2 Å². The fourth-order valence-corrected chi connectivity index (χ4v) is 2.15. The highest BCUT2D eigenvalue weighted by Gasteiger charge is 2.06. The van der Waals surface area contributed by atoms with Gasteiger partial charge in [-0.25, -0.2) is 9.97 Å². The van der Waals surface area contributed by atoms with Crippen LogP contribution in [0, 0.1) is 0 Å². The molecule has 0 aliphatic heterocycles. The third-order valence-electron chi connectivity index (χ3n) is 2.95. The molecule has 106 valence electrons. The van der Waals surface area contributed by atoms with Crippen LogP contribution in [0.15, 0.2) is 48.7 Å². The third kappa shape index (κ3) is 3.38. The minimum atomic E-state index is 0.410. The smallest absolute Gasteiger partial charge is 0.163 e. The lowest BCUT2D eigenvalue weighted by atomic mass is 10.2. The monoisotopic (exact) mass is 299 g/mol. The van der Waals surface area contributed by atoms with E-state index in [0.717, 1.165) is 11.3 Å². The minimum Gasteiger partial charge on any atom is -0.364 e. The van der Waals surface area contributed by atoms with E-state index in [1.807, 2.05) is 49.6 Å². The lowest BCUT2D eigenvalue weighted by Gasteiger charge is -2.07. The first-order valence-corrected chi connectivity index (χ1v) is 6.91. The zero-order valence-electron chi connectivity index (χ0n) is 11.5. The highest BCUT2D eigenvalue weighted by molar-refractivity contribution is 6.29. The molecule has 1 N–H and O–H groups in total. The number of benzene rings is 1. The van der Waals surface area contributed by atoms with Gasteiger partial charge in [-0.05, 0) is 6.07 Å². The summed E-state index contributed by atoms with van der Waals surface area (Å²) in [6, 6.07) is 13.4. The molecule has 5 nitrogen and oxygen atoms in total. The van der Waals surface area contributed by atoms with Crippen LogP contribution >= 0.6 is 11.6 Å². The molecule has 0 unspecified atom stereocenters. The van der Waals surface area contributed by atoms with Gasteiger partial charge in [0, 0.05) is 24.9 Å². The average molecular weight is 300 g/mol. The zero-order valence-corrected chi connectivity index (χ0v) is 12.2. The normalized spacial score (nSPS) is 10.6. The van der Waals surface area contributed by atoms with Crippen LogP contribution in [0.25, 0.3) is 11.4 Å². The highest BCUT2D eigenvalue weighted by atomic mass is 35.5. The molecule has 0 amide bonds. The van der Waals surface area contributed by atoms with E-state index in [4.69, 9.17) is 11.6 Å². The van der Waals surface area contributed by atoms with E-state index in [0.29, 0.717) is 23.3 Å². The molecule has 0 aliphatic carbocycles. The quantitative estimate of drug-likeness (QED) is 0.752. The first kappa shape index (κ1) is 13.6. The fraction of sp³-hybridized carbons (Fsp3) is 0.133. The molecule has 2 heterocycles. The van der Waals surface area contributed by atoms with Gasteiger partial charge in [0.1, 0.15) is 11.0 Å². The number of hydrogen-bond donors (Lipinski definition) is 1. The maximum absolute atomic E-state index is 6.07. The molecular weight excluding hydrogens is 286 g/mol. The minimum absolute atomic E-state index is 0.410. The Kier molecular flexibility index (Phi) is 3.83. The van der Waals surface area contributed by atoms with Crippen molar-refractivity contribution in [3.63, 3.8) is 0 Å². The molecule has 0 radical (unpaired) electrons. The lowest BCUT2D eigenvalue weighted by Crippen LogP contribution is -2.04. The Morgan fingerprint density at radius 2 is 1.95 bits per heavy atom. The molecule has 0 saturated heterocycles. The Bertz CT molecular complexity index is 739. The van der Waals surface area contributed by atoms with Crippen molar-refractivity contribution in [2.24, 2.45) is 7.05 Å². The number of nitrogens with one attached hydrogen (secondary N) is 1. The predicted molar refractivity (Wildman–Crippen MR) is 83.0 cm³/mol. The van der Waals surface area contributed by atoms with Gasteiger partial charge in [-0.1, -0.05) is 41.9 Å². The van der Waals surface area contributed by atoms with Crippen molar-refractivity contribution >= 4 is 17.4 Å². The van der Waals surface area contributed by atoms with Gasteiger partial charge in [-0.2, -0.15) is 5.10 Å². The summed E-state index contributed by atoms with van der Waals surface area (Å²) in [7, 11) is 1.89. The second-order valence-corrected chi connectivity index (χ2v) is 4.99. The second-order valence-electron chi connectivity index (χ2n) is 4.60. The Morgan fingerprint density at radius 1 is 1.14 bits per heavy atom. The standard InChI is InChI=1S/C15H14ClN5/c1-21-8-7-12(20-21)10-17-14-9-13(16)18-15(19-14)11-5-3-2-4-6-11/h2-9H,10H2,1H3,(H,17,18,19). The summed E-state index contributed by atoms with van der Waals surface area (Å²) in [5, 5.41) is 7.93. The lowest BCUT2D eigenvalue weighted by molar-refractivity contribution is 0.747. The molecule has 0 bridgehead atoms. The topological polar surface area (TPSA) is 55.6 Å². The number of nitrogens with zero attached hydrogens (tertiary/aromatic N) is 4. The zero-order chi connectivity index (χ0) is 14.7. The maximum Gasteiger partial charge on any atom is 0.163 e. The predicted octanol–water partition coefficient (Wildman–Crippen LogP) is 3.14. The average Bonchev–Trinajstić information content (AvgIpc) is 2.91. The van der Waals surface area contributed by atoms with Crippen molar-refractivity contribution in [2.45, 2.75) is 6.54 Å². The fourth-order valence-electron chi connectivity index (χ4n) is 1.96. The number of halogens is 1. The van der Waals surface area contributed by atoms with Crippen molar-refractivity contribution in [1.82, 2.24) is 19.7 Å². The first-order valence-electron chi connectivity index (χ1n) is 6.53. The summed E-state index contributed by atoms with van der Waals surface area (Å²) in [4.78, 5) is 8.74. The molecule has 1 aromatic carbocycles.